The Bertz CT molecular complexity index is 482. The summed E-state index contributed by atoms with van der Waals surface area (Å²) in [7, 11) is 1.61. The van der Waals surface area contributed by atoms with E-state index in [9.17, 15) is 4.79 Å². The number of aromatic nitrogens is 1. The molecule has 0 aliphatic heterocycles. The van der Waals surface area contributed by atoms with Gasteiger partial charge in [-0.05, 0) is 37.8 Å². The van der Waals surface area contributed by atoms with Gasteiger partial charge >= 0.3 is 5.97 Å². The van der Waals surface area contributed by atoms with E-state index in [1.54, 1.807) is 7.11 Å². The molecule has 1 atom stereocenters. The van der Waals surface area contributed by atoms with Gasteiger partial charge in [-0.25, -0.2) is 4.98 Å². The molecule has 0 radical (unpaired) electrons. The van der Waals surface area contributed by atoms with E-state index in [1.807, 2.05) is 25.1 Å². The number of hydrogen-bond donors (Lipinski definition) is 0. The van der Waals surface area contributed by atoms with Gasteiger partial charge in [0.15, 0.2) is 0 Å². The predicted octanol–water partition coefficient (Wildman–Crippen LogP) is 2.84. The van der Waals surface area contributed by atoms with E-state index in [1.165, 1.54) is 5.57 Å². The standard InChI is InChI=1S/C15H19NO3/c1-3-19-15(17)12-9-7-11(8-10-12)13-5-4-6-14(16-13)18-2/h4-7,12H,3,8-10H2,1-2H3/t12-/m1/s1. The lowest BCUT2D eigenvalue weighted by atomic mass is 9.88. The second-order valence-electron chi connectivity index (χ2n) is 4.52. The van der Waals surface area contributed by atoms with E-state index in [4.69, 9.17) is 9.47 Å². The lowest BCUT2D eigenvalue weighted by Crippen LogP contribution is -2.19. The summed E-state index contributed by atoms with van der Waals surface area (Å²) in [5.74, 6) is 0.525. The second-order valence-corrected chi connectivity index (χ2v) is 4.52. The molecule has 2 rings (SSSR count). The van der Waals surface area contributed by atoms with Gasteiger partial charge in [0, 0.05) is 6.07 Å². The zero-order valence-corrected chi connectivity index (χ0v) is 11.4. The first-order valence-electron chi connectivity index (χ1n) is 6.61. The van der Waals surface area contributed by atoms with Crippen LogP contribution in [0.5, 0.6) is 5.88 Å². The normalized spacial score (nSPS) is 18.6. The van der Waals surface area contributed by atoms with Crippen molar-refractivity contribution in [1.29, 1.82) is 0 Å². The van der Waals surface area contributed by atoms with Crippen LogP contribution >= 0.6 is 0 Å². The highest BCUT2D eigenvalue weighted by atomic mass is 16.5. The Morgan fingerprint density at radius 3 is 2.95 bits per heavy atom. The molecule has 1 aliphatic rings. The number of allylic oxidation sites excluding steroid dienone is 2. The van der Waals surface area contributed by atoms with Crippen LogP contribution in [0.15, 0.2) is 24.3 Å². The summed E-state index contributed by atoms with van der Waals surface area (Å²) in [5, 5.41) is 0. The van der Waals surface area contributed by atoms with Gasteiger partial charge in [0.25, 0.3) is 0 Å². The number of esters is 1. The molecular weight excluding hydrogens is 242 g/mol. The molecule has 1 aromatic heterocycles. The topological polar surface area (TPSA) is 48.4 Å². The second kappa shape index (κ2) is 6.36. The Labute approximate surface area is 113 Å². The third kappa shape index (κ3) is 3.34. The number of nitrogens with zero attached hydrogens (tertiary/aromatic N) is 1. The van der Waals surface area contributed by atoms with Gasteiger partial charge in [0.1, 0.15) is 0 Å². The summed E-state index contributed by atoms with van der Waals surface area (Å²) < 4.78 is 10.2. The minimum absolute atomic E-state index is 0.00527. The van der Waals surface area contributed by atoms with Gasteiger partial charge in [-0.1, -0.05) is 12.1 Å². The van der Waals surface area contributed by atoms with E-state index < -0.39 is 0 Å². The molecule has 4 nitrogen and oxygen atoms in total. The number of rotatable bonds is 4. The number of ether oxygens (including phenoxy) is 2. The minimum atomic E-state index is -0.0867. The van der Waals surface area contributed by atoms with Crippen LogP contribution in [0.4, 0.5) is 0 Å². The maximum absolute atomic E-state index is 11.7. The summed E-state index contributed by atoms with van der Waals surface area (Å²) in [5.41, 5.74) is 2.11. The molecule has 1 heterocycles. The van der Waals surface area contributed by atoms with E-state index >= 15 is 0 Å². The van der Waals surface area contributed by atoms with Crippen LogP contribution in [0.3, 0.4) is 0 Å². The van der Waals surface area contributed by atoms with Gasteiger partial charge in [0.2, 0.25) is 5.88 Å². The average molecular weight is 261 g/mol. The van der Waals surface area contributed by atoms with Crippen molar-refractivity contribution in [2.45, 2.75) is 26.2 Å². The molecule has 0 spiro atoms. The van der Waals surface area contributed by atoms with Crippen molar-refractivity contribution < 1.29 is 14.3 Å². The van der Waals surface area contributed by atoms with Crippen LogP contribution in [0, 0.1) is 5.92 Å². The third-order valence-electron chi connectivity index (χ3n) is 3.29. The highest BCUT2D eigenvalue weighted by molar-refractivity contribution is 5.75. The zero-order valence-electron chi connectivity index (χ0n) is 11.4. The fourth-order valence-electron chi connectivity index (χ4n) is 2.25. The molecule has 1 aliphatic carbocycles. The molecular formula is C15H19NO3. The highest BCUT2D eigenvalue weighted by Gasteiger charge is 2.23. The lowest BCUT2D eigenvalue weighted by molar-refractivity contribution is -0.148. The summed E-state index contributed by atoms with van der Waals surface area (Å²) in [6.07, 6.45) is 4.49. The fourth-order valence-corrected chi connectivity index (χ4v) is 2.25. The van der Waals surface area contributed by atoms with Crippen LogP contribution in [0.25, 0.3) is 5.57 Å². The smallest absolute Gasteiger partial charge is 0.309 e. The van der Waals surface area contributed by atoms with Crippen LogP contribution in [-0.2, 0) is 9.53 Å². The highest BCUT2D eigenvalue weighted by Crippen LogP contribution is 2.30. The third-order valence-corrected chi connectivity index (χ3v) is 3.29. The minimum Gasteiger partial charge on any atom is -0.481 e. The zero-order chi connectivity index (χ0) is 13.7. The Hall–Kier alpha value is -1.84. The maximum atomic E-state index is 11.7. The van der Waals surface area contributed by atoms with Crippen molar-refractivity contribution in [1.82, 2.24) is 4.98 Å². The molecule has 0 amide bonds. The van der Waals surface area contributed by atoms with Gasteiger partial charge in [-0.3, -0.25) is 4.79 Å². The van der Waals surface area contributed by atoms with Gasteiger partial charge in [-0.2, -0.15) is 0 Å². The molecule has 102 valence electrons. The number of carbonyl (C=O) groups excluding carboxylic acids is 1. The number of carbonyl (C=O) groups is 1. The number of hydrogen-bond acceptors (Lipinski definition) is 4. The SMILES string of the molecule is CCOC(=O)[C@@H]1CC=C(c2cccc(OC)n2)CC1. The molecule has 1 aromatic rings. The molecule has 0 saturated heterocycles. The van der Waals surface area contributed by atoms with Crippen LogP contribution in [0.2, 0.25) is 0 Å². The van der Waals surface area contributed by atoms with Crippen molar-refractivity contribution in [3.63, 3.8) is 0 Å². The molecule has 0 bridgehead atoms. The fraction of sp³-hybridized carbons (Fsp3) is 0.467. The summed E-state index contributed by atoms with van der Waals surface area (Å²) in [6, 6.07) is 5.73. The maximum Gasteiger partial charge on any atom is 0.309 e. The first kappa shape index (κ1) is 13.6. The van der Waals surface area contributed by atoms with Crippen LogP contribution in [-0.4, -0.2) is 24.7 Å². The van der Waals surface area contributed by atoms with E-state index in [2.05, 4.69) is 11.1 Å². The van der Waals surface area contributed by atoms with Gasteiger partial charge in [0.05, 0.1) is 25.3 Å². The molecule has 0 unspecified atom stereocenters. The summed E-state index contributed by atoms with van der Waals surface area (Å²) in [4.78, 5) is 16.1. The van der Waals surface area contributed by atoms with Crippen molar-refractivity contribution in [3.05, 3.63) is 30.0 Å². The largest absolute Gasteiger partial charge is 0.481 e. The molecule has 4 heteroatoms. The Balaban J connectivity index is 2.05. The molecule has 19 heavy (non-hydrogen) atoms. The molecule has 0 saturated carbocycles. The Morgan fingerprint density at radius 1 is 1.47 bits per heavy atom. The summed E-state index contributed by atoms with van der Waals surface area (Å²) >= 11 is 0. The van der Waals surface area contributed by atoms with E-state index in [-0.39, 0.29) is 11.9 Å². The monoisotopic (exact) mass is 261 g/mol. The Kier molecular flexibility index (Phi) is 4.55. The van der Waals surface area contributed by atoms with Crippen molar-refractivity contribution in [3.8, 4) is 5.88 Å². The van der Waals surface area contributed by atoms with Crippen molar-refractivity contribution in [2.24, 2.45) is 5.92 Å². The van der Waals surface area contributed by atoms with Crippen molar-refractivity contribution >= 4 is 11.5 Å². The quantitative estimate of drug-likeness (QED) is 0.782. The van der Waals surface area contributed by atoms with E-state index in [0.29, 0.717) is 12.5 Å². The van der Waals surface area contributed by atoms with E-state index in [0.717, 1.165) is 25.0 Å². The first-order chi connectivity index (χ1) is 9.24. The van der Waals surface area contributed by atoms with Crippen LogP contribution in [0.1, 0.15) is 31.9 Å². The number of pyridine rings is 1. The summed E-state index contributed by atoms with van der Waals surface area (Å²) in [6.45, 7) is 2.28. The molecule has 0 aromatic carbocycles. The van der Waals surface area contributed by atoms with Gasteiger partial charge in [-0.15, -0.1) is 0 Å². The lowest BCUT2D eigenvalue weighted by Gasteiger charge is -2.20. The average Bonchev–Trinajstić information content (AvgIpc) is 2.48. The predicted molar refractivity (Wildman–Crippen MR) is 72.7 cm³/mol. The molecule has 0 fully saturated rings. The Morgan fingerprint density at radius 2 is 2.32 bits per heavy atom. The van der Waals surface area contributed by atoms with Gasteiger partial charge < -0.3 is 9.47 Å². The first-order valence-corrected chi connectivity index (χ1v) is 6.61. The number of methoxy groups -OCH3 is 1. The van der Waals surface area contributed by atoms with Crippen LogP contribution < -0.4 is 4.74 Å². The van der Waals surface area contributed by atoms with Crippen molar-refractivity contribution in [2.75, 3.05) is 13.7 Å². The molecule has 0 N–H and O–H groups in total.